The summed E-state index contributed by atoms with van der Waals surface area (Å²) in [6.07, 6.45) is 2.08. The molecule has 1 fully saturated rings. The lowest BCUT2D eigenvalue weighted by Crippen LogP contribution is -2.52. The Kier molecular flexibility index (Phi) is 4.00. The number of morpholine rings is 1. The molecule has 4 heteroatoms. The number of fused-ring (bicyclic) bond motifs is 1. The Labute approximate surface area is 126 Å². The highest BCUT2D eigenvalue weighted by Crippen LogP contribution is 2.41. The van der Waals surface area contributed by atoms with Crippen molar-refractivity contribution in [1.82, 2.24) is 10.6 Å². The van der Waals surface area contributed by atoms with Crippen molar-refractivity contribution in [3.05, 3.63) is 35.4 Å². The topological polar surface area (TPSA) is 50.4 Å². The van der Waals surface area contributed by atoms with Gasteiger partial charge in [0.25, 0.3) is 0 Å². The van der Waals surface area contributed by atoms with Crippen LogP contribution in [0.25, 0.3) is 0 Å². The predicted octanol–water partition coefficient (Wildman–Crippen LogP) is 1.90. The van der Waals surface area contributed by atoms with Crippen molar-refractivity contribution >= 4 is 5.91 Å². The van der Waals surface area contributed by atoms with Crippen LogP contribution in [-0.4, -0.2) is 31.7 Å². The molecule has 2 atom stereocenters. The van der Waals surface area contributed by atoms with E-state index in [1.807, 2.05) is 0 Å². The minimum absolute atomic E-state index is 0.0502. The van der Waals surface area contributed by atoms with E-state index in [9.17, 15) is 4.79 Å². The molecule has 21 heavy (non-hydrogen) atoms. The van der Waals surface area contributed by atoms with Crippen LogP contribution < -0.4 is 10.6 Å². The molecule has 0 radical (unpaired) electrons. The molecule has 2 N–H and O–H groups in total. The average molecular weight is 288 g/mol. The monoisotopic (exact) mass is 288 g/mol. The molecule has 3 rings (SSSR count). The van der Waals surface area contributed by atoms with Gasteiger partial charge in [0, 0.05) is 6.54 Å². The molecule has 0 aromatic heterocycles. The zero-order chi connectivity index (χ0) is 14.9. The SMILES string of the molecule is CC1(C)CCC(NC(=O)C2COCCN2)c2ccccc21. The summed E-state index contributed by atoms with van der Waals surface area (Å²) < 4.78 is 5.37. The van der Waals surface area contributed by atoms with Crippen LogP contribution in [0.15, 0.2) is 24.3 Å². The maximum Gasteiger partial charge on any atom is 0.240 e. The van der Waals surface area contributed by atoms with E-state index >= 15 is 0 Å². The van der Waals surface area contributed by atoms with Crippen molar-refractivity contribution in [1.29, 1.82) is 0 Å². The third kappa shape index (κ3) is 2.97. The van der Waals surface area contributed by atoms with Gasteiger partial charge in [0.05, 0.1) is 19.3 Å². The summed E-state index contributed by atoms with van der Waals surface area (Å²) in [4.78, 5) is 12.4. The van der Waals surface area contributed by atoms with E-state index in [1.165, 1.54) is 11.1 Å². The maximum atomic E-state index is 12.4. The zero-order valence-electron chi connectivity index (χ0n) is 12.8. The average Bonchev–Trinajstić information content (AvgIpc) is 2.51. The normalized spacial score (nSPS) is 27.7. The number of benzene rings is 1. The van der Waals surface area contributed by atoms with Crippen LogP contribution in [0, 0.1) is 0 Å². The van der Waals surface area contributed by atoms with Gasteiger partial charge in [-0.2, -0.15) is 0 Å². The Balaban J connectivity index is 1.76. The molecule has 0 saturated carbocycles. The molecule has 1 aliphatic heterocycles. The summed E-state index contributed by atoms with van der Waals surface area (Å²) in [6.45, 7) is 6.45. The molecule has 0 spiro atoms. The first-order chi connectivity index (χ1) is 10.1. The van der Waals surface area contributed by atoms with E-state index in [0.717, 1.165) is 19.4 Å². The number of rotatable bonds is 2. The Morgan fingerprint density at radius 3 is 2.95 bits per heavy atom. The smallest absolute Gasteiger partial charge is 0.240 e. The molecule has 1 aliphatic carbocycles. The van der Waals surface area contributed by atoms with Crippen molar-refractivity contribution in [2.75, 3.05) is 19.8 Å². The van der Waals surface area contributed by atoms with E-state index in [2.05, 4.69) is 48.7 Å². The summed E-state index contributed by atoms with van der Waals surface area (Å²) in [5, 5.41) is 6.41. The summed E-state index contributed by atoms with van der Waals surface area (Å²) in [6, 6.07) is 8.37. The summed E-state index contributed by atoms with van der Waals surface area (Å²) >= 11 is 0. The molecule has 4 nitrogen and oxygen atoms in total. The minimum Gasteiger partial charge on any atom is -0.378 e. The van der Waals surface area contributed by atoms with E-state index < -0.39 is 0 Å². The number of nitrogens with one attached hydrogen (secondary N) is 2. The van der Waals surface area contributed by atoms with Gasteiger partial charge in [-0.25, -0.2) is 0 Å². The highest BCUT2D eigenvalue weighted by Gasteiger charge is 2.34. The lowest BCUT2D eigenvalue weighted by molar-refractivity contribution is -0.126. The fourth-order valence-electron chi connectivity index (χ4n) is 3.37. The van der Waals surface area contributed by atoms with Gasteiger partial charge in [0.15, 0.2) is 0 Å². The van der Waals surface area contributed by atoms with E-state index in [4.69, 9.17) is 4.74 Å². The second-order valence-corrected chi connectivity index (χ2v) is 6.65. The summed E-state index contributed by atoms with van der Waals surface area (Å²) in [5.74, 6) is 0.0502. The third-order valence-electron chi connectivity index (χ3n) is 4.68. The van der Waals surface area contributed by atoms with Crippen molar-refractivity contribution in [2.45, 2.75) is 44.2 Å². The summed E-state index contributed by atoms with van der Waals surface area (Å²) in [7, 11) is 0. The molecule has 2 aliphatic rings. The predicted molar refractivity (Wildman–Crippen MR) is 82.2 cm³/mol. The minimum atomic E-state index is -0.221. The Bertz CT molecular complexity index is 521. The summed E-state index contributed by atoms with van der Waals surface area (Å²) in [5.41, 5.74) is 2.80. The fourth-order valence-corrected chi connectivity index (χ4v) is 3.37. The van der Waals surface area contributed by atoms with Crippen LogP contribution in [0.1, 0.15) is 43.9 Å². The van der Waals surface area contributed by atoms with Crippen molar-refractivity contribution in [3.8, 4) is 0 Å². The first kappa shape index (κ1) is 14.5. The van der Waals surface area contributed by atoms with Gasteiger partial charge in [-0.15, -0.1) is 0 Å². The van der Waals surface area contributed by atoms with Crippen LogP contribution in [-0.2, 0) is 14.9 Å². The van der Waals surface area contributed by atoms with Crippen molar-refractivity contribution in [2.24, 2.45) is 0 Å². The second kappa shape index (κ2) is 5.78. The molecule has 0 bridgehead atoms. The van der Waals surface area contributed by atoms with Gasteiger partial charge in [-0.05, 0) is 29.4 Å². The van der Waals surface area contributed by atoms with Crippen LogP contribution in [0.5, 0.6) is 0 Å². The number of amides is 1. The molecule has 1 aromatic rings. The quantitative estimate of drug-likeness (QED) is 0.874. The first-order valence-electron chi connectivity index (χ1n) is 7.79. The zero-order valence-corrected chi connectivity index (χ0v) is 12.8. The molecule has 1 saturated heterocycles. The van der Waals surface area contributed by atoms with E-state index in [1.54, 1.807) is 0 Å². The van der Waals surface area contributed by atoms with Gasteiger partial charge >= 0.3 is 0 Å². The first-order valence-corrected chi connectivity index (χ1v) is 7.79. The van der Waals surface area contributed by atoms with E-state index in [-0.39, 0.29) is 23.4 Å². The van der Waals surface area contributed by atoms with Gasteiger partial charge in [-0.1, -0.05) is 38.1 Å². The number of hydrogen-bond donors (Lipinski definition) is 2. The Hall–Kier alpha value is -1.39. The van der Waals surface area contributed by atoms with Crippen molar-refractivity contribution < 1.29 is 9.53 Å². The molecular weight excluding hydrogens is 264 g/mol. The number of ether oxygens (including phenoxy) is 1. The van der Waals surface area contributed by atoms with Crippen LogP contribution in [0.2, 0.25) is 0 Å². The highest BCUT2D eigenvalue weighted by atomic mass is 16.5. The van der Waals surface area contributed by atoms with Gasteiger partial charge < -0.3 is 15.4 Å². The largest absolute Gasteiger partial charge is 0.378 e. The van der Waals surface area contributed by atoms with Crippen LogP contribution >= 0.6 is 0 Å². The van der Waals surface area contributed by atoms with Gasteiger partial charge in [0.2, 0.25) is 5.91 Å². The molecule has 1 amide bonds. The van der Waals surface area contributed by atoms with Crippen molar-refractivity contribution in [3.63, 3.8) is 0 Å². The third-order valence-corrected chi connectivity index (χ3v) is 4.68. The highest BCUT2D eigenvalue weighted by molar-refractivity contribution is 5.82. The Morgan fingerprint density at radius 1 is 1.38 bits per heavy atom. The fraction of sp³-hybridized carbons (Fsp3) is 0.588. The Morgan fingerprint density at radius 2 is 2.19 bits per heavy atom. The molecule has 1 aromatic carbocycles. The molecule has 1 heterocycles. The lowest BCUT2D eigenvalue weighted by atomic mass is 9.71. The van der Waals surface area contributed by atoms with Crippen LogP contribution in [0.4, 0.5) is 0 Å². The maximum absolute atomic E-state index is 12.4. The van der Waals surface area contributed by atoms with Gasteiger partial charge in [0.1, 0.15) is 6.04 Å². The number of hydrogen-bond acceptors (Lipinski definition) is 3. The number of carbonyl (C=O) groups is 1. The molecule has 2 unspecified atom stereocenters. The van der Waals surface area contributed by atoms with Crippen LogP contribution in [0.3, 0.4) is 0 Å². The lowest BCUT2D eigenvalue weighted by Gasteiger charge is -2.38. The molecule has 114 valence electrons. The van der Waals surface area contributed by atoms with Gasteiger partial charge in [-0.3, -0.25) is 4.79 Å². The molecular formula is C17H24N2O2. The van der Waals surface area contributed by atoms with E-state index in [0.29, 0.717) is 13.2 Å². The number of carbonyl (C=O) groups excluding carboxylic acids is 1. The standard InChI is InChI=1S/C17H24N2O2/c1-17(2)8-7-14(12-5-3-4-6-13(12)17)19-16(20)15-11-21-10-9-18-15/h3-6,14-15,18H,7-11H2,1-2H3,(H,19,20). The second-order valence-electron chi connectivity index (χ2n) is 6.65.